The third-order valence-corrected chi connectivity index (χ3v) is 7.04. The first kappa shape index (κ1) is 41.0. The van der Waals surface area contributed by atoms with Crippen LogP contribution in [0, 0.1) is 5.92 Å². The lowest BCUT2D eigenvalue weighted by Gasteiger charge is -2.24. The third-order valence-electron chi connectivity index (χ3n) is 7.04. The summed E-state index contributed by atoms with van der Waals surface area (Å²) in [5, 5.41) is 19.8. The van der Waals surface area contributed by atoms with Crippen LogP contribution in [0.3, 0.4) is 0 Å². The second kappa shape index (κ2) is 23.2. The number of hydrogen-bond acceptors (Lipinski definition) is 11. The molecule has 0 aliphatic carbocycles. The molecule has 0 radical (unpaired) electrons. The Balaban J connectivity index is 1.44. The Hall–Kier alpha value is -4.22. The minimum absolute atomic E-state index is 0.0241. The van der Waals surface area contributed by atoms with E-state index in [1.165, 1.54) is 12.2 Å². The Labute approximate surface area is 286 Å². The first-order chi connectivity index (χ1) is 23.5. The summed E-state index contributed by atoms with van der Waals surface area (Å²) in [6.07, 6.45) is 2.42. The molecular formula is C33H49N5O11. The lowest BCUT2D eigenvalue weighted by atomic mass is 10.0. The molecule has 1 aliphatic rings. The van der Waals surface area contributed by atoms with Gasteiger partial charge in [0.2, 0.25) is 23.6 Å². The van der Waals surface area contributed by atoms with Crippen LogP contribution in [0.1, 0.15) is 39.2 Å². The van der Waals surface area contributed by atoms with Crippen LogP contribution in [-0.2, 0) is 54.3 Å². The molecule has 0 unspecified atom stereocenters. The van der Waals surface area contributed by atoms with E-state index in [9.17, 15) is 28.8 Å². The van der Waals surface area contributed by atoms with Crippen molar-refractivity contribution in [1.29, 1.82) is 0 Å². The molecule has 2 atom stereocenters. The highest BCUT2D eigenvalue weighted by Crippen LogP contribution is 2.10. The van der Waals surface area contributed by atoms with Crippen LogP contribution in [-0.4, -0.2) is 123 Å². The summed E-state index contributed by atoms with van der Waals surface area (Å²) in [7, 11) is 0. The van der Waals surface area contributed by atoms with Gasteiger partial charge in [-0.05, 0) is 30.5 Å². The number of benzene rings is 1. The molecule has 0 fully saturated rings. The second-order valence-electron chi connectivity index (χ2n) is 11.3. The Kier molecular flexibility index (Phi) is 19.4. The van der Waals surface area contributed by atoms with Gasteiger partial charge in [0.25, 0.3) is 11.8 Å². The van der Waals surface area contributed by atoms with E-state index in [2.05, 4.69) is 21.3 Å². The summed E-state index contributed by atoms with van der Waals surface area (Å²) in [6, 6.07) is 4.99. The average molecular weight is 692 g/mol. The van der Waals surface area contributed by atoms with Gasteiger partial charge in [-0.25, -0.2) is 0 Å². The number of nitrogens with zero attached hydrogens (tertiary/aromatic N) is 1. The largest absolute Gasteiger partial charge is 0.392 e. The van der Waals surface area contributed by atoms with Gasteiger partial charge in [-0.3, -0.25) is 33.7 Å². The van der Waals surface area contributed by atoms with Crippen molar-refractivity contribution in [3.8, 4) is 0 Å². The van der Waals surface area contributed by atoms with Gasteiger partial charge in [0.05, 0.1) is 59.5 Å². The fourth-order valence-corrected chi connectivity index (χ4v) is 4.24. The summed E-state index contributed by atoms with van der Waals surface area (Å²) in [4.78, 5) is 73.5. The average Bonchev–Trinajstić information content (AvgIpc) is 3.40. The van der Waals surface area contributed by atoms with Gasteiger partial charge in [-0.2, -0.15) is 0 Å². The maximum Gasteiger partial charge on any atom is 0.253 e. The number of rotatable bonds is 25. The van der Waals surface area contributed by atoms with E-state index in [0.717, 1.165) is 4.90 Å². The highest BCUT2D eigenvalue weighted by Gasteiger charge is 2.27. The molecule has 0 aromatic heterocycles. The maximum absolute atomic E-state index is 12.8. The fourth-order valence-electron chi connectivity index (χ4n) is 4.24. The predicted molar refractivity (Wildman–Crippen MR) is 177 cm³/mol. The number of carbonyl (C=O) groups is 6. The first-order valence-corrected chi connectivity index (χ1v) is 16.2. The van der Waals surface area contributed by atoms with E-state index in [1.54, 1.807) is 45.0 Å². The summed E-state index contributed by atoms with van der Waals surface area (Å²) >= 11 is 0. The van der Waals surface area contributed by atoms with Crippen molar-refractivity contribution in [2.75, 3.05) is 71.3 Å². The number of carbonyl (C=O) groups excluding carboxylic acids is 6. The van der Waals surface area contributed by atoms with Crippen LogP contribution in [0.5, 0.6) is 0 Å². The van der Waals surface area contributed by atoms with Crippen LogP contribution in [0.4, 0.5) is 5.69 Å². The number of ether oxygens (including phenoxy) is 4. The molecule has 6 amide bonds. The van der Waals surface area contributed by atoms with Crippen molar-refractivity contribution in [3.05, 3.63) is 42.0 Å². The Morgan fingerprint density at radius 3 is 1.82 bits per heavy atom. The number of aliphatic hydroxyl groups is 1. The van der Waals surface area contributed by atoms with Crippen LogP contribution < -0.4 is 21.3 Å². The molecule has 0 bridgehead atoms. The SMILES string of the molecule is CC(C)[C@H](NC(=O)CCOCCOCCOCCOCCNC(=O)CCN1C(=O)C=CC1=O)C(=O)N[C@@H](C)C(=O)Nc1ccc(CO)cc1. The lowest BCUT2D eigenvalue weighted by molar-refractivity contribution is -0.137. The van der Waals surface area contributed by atoms with E-state index >= 15 is 0 Å². The molecule has 0 saturated carbocycles. The van der Waals surface area contributed by atoms with Crippen LogP contribution in [0.2, 0.25) is 0 Å². The van der Waals surface area contributed by atoms with Gasteiger partial charge < -0.3 is 45.3 Å². The van der Waals surface area contributed by atoms with Crippen molar-refractivity contribution in [3.63, 3.8) is 0 Å². The topological polar surface area (TPSA) is 211 Å². The lowest BCUT2D eigenvalue weighted by Crippen LogP contribution is -2.53. The first-order valence-electron chi connectivity index (χ1n) is 16.2. The minimum Gasteiger partial charge on any atom is -0.392 e. The monoisotopic (exact) mass is 691 g/mol. The van der Waals surface area contributed by atoms with Crippen molar-refractivity contribution < 1.29 is 52.8 Å². The normalized spacial score (nSPS) is 13.8. The number of aliphatic hydroxyl groups excluding tert-OH is 1. The Bertz CT molecular complexity index is 1240. The van der Waals surface area contributed by atoms with Crippen LogP contribution in [0.15, 0.2) is 36.4 Å². The molecule has 16 heteroatoms. The third kappa shape index (κ3) is 16.6. The van der Waals surface area contributed by atoms with E-state index in [0.29, 0.717) is 50.8 Å². The van der Waals surface area contributed by atoms with E-state index < -0.39 is 35.7 Å². The predicted octanol–water partition coefficient (Wildman–Crippen LogP) is -0.349. The molecule has 1 aromatic rings. The fraction of sp³-hybridized carbons (Fsp3) is 0.576. The van der Waals surface area contributed by atoms with Gasteiger partial charge in [-0.15, -0.1) is 0 Å². The van der Waals surface area contributed by atoms with Gasteiger partial charge in [0, 0.05) is 43.8 Å². The summed E-state index contributed by atoms with van der Waals surface area (Å²) in [6.45, 7) is 7.72. The molecule has 1 aliphatic heterocycles. The van der Waals surface area contributed by atoms with E-state index in [4.69, 9.17) is 24.1 Å². The van der Waals surface area contributed by atoms with Crippen molar-refractivity contribution >= 4 is 41.1 Å². The summed E-state index contributed by atoms with van der Waals surface area (Å²) in [5.41, 5.74) is 1.24. The molecule has 49 heavy (non-hydrogen) atoms. The highest BCUT2D eigenvalue weighted by molar-refractivity contribution is 6.13. The molecular weight excluding hydrogens is 642 g/mol. The van der Waals surface area contributed by atoms with E-state index in [1.807, 2.05) is 0 Å². The van der Waals surface area contributed by atoms with Crippen LogP contribution in [0.25, 0.3) is 0 Å². The number of nitrogens with one attached hydrogen (secondary N) is 4. The molecule has 5 N–H and O–H groups in total. The number of hydrogen-bond donors (Lipinski definition) is 5. The standard InChI is InChI=1S/C33H49N5O11/c1-23(2)31(33(45)35-24(3)32(44)36-26-6-4-25(22-39)5-7-26)37-28(41)11-14-46-16-18-48-20-21-49-19-17-47-15-12-34-27(40)10-13-38-29(42)8-9-30(38)43/h4-9,23-24,31,39H,10-22H2,1-3H3,(H,34,40)(H,35,45)(H,36,44)(H,37,41)/t24-,31-/m0/s1. The van der Waals surface area contributed by atoms with Gasteiger partial charge >= 0.3 is 0 Å². The van der Waals surface area contributed by atoms with Crippen molar-refractivity contribution in [2.24, 2.45) is 5.92 Å². The van der Waals surface area contributed by atoms with Crippen molar-refractivity contribution in [1.82, 2.24) is 20.9 Å². The quantitative estimate of drug-likeness (QED) is 0.0661. The molecule has 2 rings (SSSR count). The zero-order valence-corrected chi connectivity index (χ0v) is 28.4. The maximum atomic E-state index is 12.8. The van der Waals surface area contributed by atoms with Crippen molar-refractivity contribution in [2.45, 2.75) is 52.3 Å². The van der Waals surface area contributed by atoms with Crippen LogP contribution >= 0.6 is 0 Å². The summed E-state index contributed by atoms with van der Waals surface area (Å²) < 4.78 is 21.7. The highest BCUT2D eigenvalue weighted by atomic mass is 16.6. The van der Waals surface area contributed by atoms with E-state index in [-0.39, 0.29) is 63.5 Å². The van der Waals surface area contributed by atoms with Gasteiger partial charge in [0.15, 0.2) is 0 Å². The second-order valence-corrected chi connectivity index (χ2v) is 11.3. The minimum atomic E-state index is -0.851. The zero-order valence-electron chi connectivity index (χ0n) is 28.4. The summed E-state index contributed by atoms with van der Waals surface area (Å²) in [5.74, 6) is -2.60. The molecule has 1 aromatic carbocycles. The van der Waals surface area contributed by atoms with Gasteiger partial charge in [0.1, 0.15) is 12.1 Å². The molecule has 0 saturated heterocycles. The number of amides is 6. The molecule has 16 nitrogen and oxygen atoms in total. The molecule has 272 valence electrons. The molecule has 0 spiro atoms. The Morgan fingerprint density at radius 1 is 0.714 bits per heavy atom. The smallest absolute Gasteiger partial charge is 0.253 e. The number of imide groups is 1. The zero-order chi connectivity index (χ0) is 36.0. The van der Waals surface area contributed by atoms with Gasteiger partial charge in [-0.1, -0.05) is 26.0 Å². The molecule has 1 heterocycles. The number of anilines is 1. The Morgan fingerprint density at radius 2 is 1.27 bits per heavy atom.